The lowest BCUT2D eigenvalue weighted by molar-refractivity contribution is -0.137. The highest BCUT2D eigenvalue weighted by Gasteiger charge is 2.30. The number of hydrogen-bond acceptors (Lipinski definition) is 3. The maximum Gasteiger partial charge on any atom is 0.416 e. The third-order valence-corrected chi connectivity index (χ3v) is 2.62. The first-order valence-corrected chi connectivity index (χ1v) is 5.79. The first-order chi connectivity index (χ1) is 9.81. The molecule has 0 radical (unpaired) electrons. The van der Waals surface area contributed by atoms with Gasteiger partial charge in [0.25, 0.3) is 0 Å². The molecular weight excluding hydrogens is 293 g/mol. The average molecular weight is 303 g/mol. The summed E-state index contributed by atoms with van der Waals surface area (Å²) in [6, 6.07) is 4.78. The Kier molecular flexibility index (Phi) is 3.97. The van der Waals surface area contributed by atoms with E-state index in [0.29, 0.717) is 6.07 Å². The Morgan fingerprint density at radius 1 is 1.00 bits per heavy atom. The summed E-state index contributed by atoms with van der Waals surface area (Å²) in [6.07, 6.45) is -4.51. The zero-order chi connectivity index (χ0) is 15.6. The minimum absolute atomic E-state index is 0.00936. The van der Waals surface area contributed by atoms with E-state index in [0.717, 1.165) is 12.1 Å². The van der Waals surface area contributed by atoms with Gasteiger partial charge in [-0.15, -0.1) is 0 Å². The number of anilines is 3. The van der Waals surface area contributed by atoms with E-state index >= 15 is 0 Å². The molecule has 1 aromatic heterocycles. The van der Waals surface area contributed by atoms with Gasteiger partial charge in [0.1, 0.15) is 0 Å². The van der Waals surface area contributed by atoms with E-state index in [-0.39, 0.29) is 17.3 Å². The normalized spacial score (nSPS) is 11.3. The van der Waals surface area contributed by atoms with Gasteiger partial charge in [-0.3, -0.25) is 0 Å². The van der Waals surface area contributed by atoms with Gasteiger partial charge in [-0.25, -0.2) is 13.8 Å². The number of nitrogens with zero attached hydrogens (tertiary/aromatic N) is 1. The predicted molar refractivity (Wildman–Crippen MR) is 68.4 cm³/mol. The van der Waals surface area contributed by atoms with Crippen LogP contribution in [0.3, 0.4) is 0 Å². The van der Waals surface area contributed by atoms with Crippen LogP contribution in [0.1, 0.15) is 5.56 Å². The van der Waals surface area contributed by atoms with Crippen LogP contribution < -0.4 is 10.6 Å². The van der Waals surface area contributed by atoms with Crippen LogP contribution in [0.4, 0.5) is 39.3 Å². The first-order valence-electron chi connectivity index (χ1n) is 5.79. The first kappa shape index (κ1) is 15.0. The molecule has 2 aromatic rings. The summed E-state index contributed by atoms with van der Waals surface area (Å²) < 4.78 is 64.6. The quantitative estimate of drug-likeness (QED) is 0.836. The minimum Gasteiger partial charge on any atom is -0.371 e. The number of aromatic nitrogens is 1. The Hall–Kier alpha value is -2.38. The highest BCUT2D eigenvalue weighted by Crippen LogP contribution is 2.31. The number of pyridine rings is 1. The zero-order valence-corrected chi connectivity index (χ0v) is 10.7. The van der Waals surface area contributed by atoms with E-state index in [1.54, 1.807) is 0 Å². The van der Waals surface area contributed by atoms with Crippen molar-refractivity contribution in [3.63, 3.8) is 0 Å². The Bertz CT molecular complexity index is 655. The molecule has 0 fully saturated rings. The molecule has 112 valence electrons. The second-order valence-corrected chi connectivity index (χ2v) is 4.10. The van der Waals surface area contributed by atoms with E-state index in [9.17, 15) is 22.0 Å². The average Bonchev–Trinajstić information content (AvgIpc) is 2.41. The molecule has 1 aromatic carbocycles. The molecule has 3 nitrogen and oxygen atoms in total. The topological polar surface area (TPSA) is 37.0 Å². The van der Waals surface area contributed by atoms with Crippen LogP contribution in [-0.2, 0) is 6.18 Å². The summed E-state index contributed by atoms with van der Waals surface area (Å²) >= 11 is 0. The summed E-state index contributed by atoms with van der Waals surface area (Å²) in [7, 11) is 1.39. The smallest absolute Gasteiger partial charge is 0.371 e. The summed E-state index contributed by atoms with van der Waals surface area (Å²) in [6.45, 7) is 0. The van der Waals surface area contributed by atoms with Gasteiger partial charge in [0.15, 0.2) is 23.3 Å². The van der Waals surface area contributed by atoms with Crippen LogP contribution in [0, 0.1) is 11.6 Å². The van der Waals surface area contributed by atoms with Crippen LogP contribution in [0.15, 0.2) is 30.3 Å². The molecule has 1 heterocycles. The molecule has 0 bridgehead atoms. The number of hydrogen-bond donors (Lipinski definition) is 2. The van der Waals surface area contributed by atoms with Gasteiger partial charge in [-0.1, -0.05) is 6.07 Å². The summed E-state index contributed by atoms with van der Waals surface area (Å²) in [5.74, 6) is -2.50. The van der Waals surface area contributed by atoms with Gasteiger partial charge >= 0.3 is 6.18 Å². The molecule has 2 rings (SSSR count). The molecule has 0 aliphatic carbocycles. The van der Waals surface area contributed by atoms with E-state index < -0.39 is 23.4 Å². The monoisotopic (exact) mass is 303 g/mol. The summed E-state index contributed by atoms with van der Waals surface area (Å²) in [5.41, 5.74) is -0.895. The third kappa shape index (κ3) is 3.39. The largest absolute Gasteiger partial charge is 0.416 e. The molecule has 0 amide bonds. The van der Waals surface area contributed by atoms with E-state index in [4.69, 9.17) is 0 Å². The number of alkyl halides is 3. The predicted octanol–water partition coefficient (Wildman–Crippen LogP) is 4.16. The maximum atomic E-state index is 13.6. The van der Waals surface area contributed by atoms with Crippen molar-refractivity contribution in [2.24, 2.45) is 0 Å². The summed E-state index contributed by atoms with van der Waals surface area (Å²) in [4.78, 5) is 3.62. The fourth-order valence-electron chi connectivity index (χ4n) is 1.64. The Morgan fingerprint density at radius 2 is 1.67 bits per heavy atom. The number of halogens is 5. The third-order valence-electron chi connectivity index (χ3n) is 2.62. The second kappa shape index (κ2) is 5.55. The van der Waals surface area contributed by atoms with Crippen molar-refractivity contribution in [3.8, 4) is 0 Å². The number of benzene rings is 1. The Morgan fingerprint density at radius 3 is 2.29 bits per heavy atom. The molecule has 0 aliphatic heterocycles. The van der Waals surface area contributed by atoms with Crippen molar-refractivity contribution in [2.75, 3.05) is 17.7 Å². The molecule has 8 heteroatoms. The zero-order valence-electron chi connectivity index (χ0n) is 10.7. The number of nitrogens with one attached hydrogen (secondary N) is 2. The van der Waals surface area contributed by atoms with E-state index in [1.165, 1.54) is 19.2 Å². The van der Waals surface area contributed by atoms with Crippen molar-refractivity contribution in [1.29, 1.82) is 0 Å². The molecule has 2 N–H and O–H groups in total. The fourth-order valence-corrected chi connectivity index (χ4v) is 1.64. The van der Waals surface area contributed by atoms with E-state index in [1.807, 2.05) is 0 Å². The molecule has 0 unspecified atom stereocenters. The molecule has 21 heavy (non-hydrogen) atoms. The van der Waals surface area contributed by atoms with Crippen LogP contribution in [0.2, 0.25) is 0 Å². The van der Waals surface area contributed by atoms with Crippen molar-refractivity contribution >= 4 is 17.3 Å². The fraction of sp³-hybridized carbons (Fsp3) is 0.154. The standard InChI is InChI=1S/C13H10F5N3/c1-19-11-9(14)6-10(15)12(21-11)20-8-4-2-3-7(5-8)13(16,17)18/h2-6H,1H3,(H2,19,20,21). The van der Waals surface area contributed by atoms with Crippen molar-refractivity contribution in [1.82, 2.24) is 4.98 Å². The van der Waals surface area contributed by atoms with E-state index in [2.05, 4.69) is 15.6 Å². The highest BCUT2D eigenvalue weighted by atomic mass is 19.4. The highest BCUT2D eigenvalue weighted by molar-refractivity contribution is 5.60. The van der Waals surface area contributed by atoms with Gasteiger partial charge < -0.3 is 10.6 Å². The molecular formula is C13H10F5N3. The van der Waals surface area contributed by atoms with Crippen molar-refractivity contribution in [2.45, 2.75) is 6.18 Å². The molecule has 0 saturated heterocycles. The Labute approximate surface area is 116 Å². The minimum atomic E-state index is -4.51. The molecule has 0 aliphatic rings. The van der Waals surface area contributed by atoms with Crippen LogP contribution in [-0.4, -0.2) is 12.0 Å². The van der Waals surface area contributed by atoms with Crippen LogP contribution in [0.5, 0.6) is 0 Å². The van der Waals surface area contributed by atoms with Crippen LogP contribution >= 0.6 is 0 Å². The maximum absolute atomic E-state index is 13.6. The lowest BCUT2D eigenvalue weighted by Gasteiger charge is -2.12. The molecule has 0 spiro atoms. The molecule has 0 atom stereocenters. The Balaban J connectivity index is 2.34. The lowest BCUT2D eigenvalue weighted by Crippen LogP contribution is -2.06. The van der Waals surface area contributed by atoms with Gasteiger partial charge in [0, 0.05) is 18.8 Å². The van der Waals surface area contributed by atoms with Gasteiger partial charge in [-0.2, -0.15) is 13.2 Å². The van der Waals surface area contributed by atoms with Gasteiger partial charge in [0.05, 0.1) is 5.56 Å². The van der Waals surface area contributed by atoms with Crippen molar-refractivity contribution in [3.05, 3.63) is 47.5 Å². The lowest BCUT2D eigenvalue weighted by atomic mass is 10.2. The van der Waals surface area contributed by atoms with Gasteiger partial charge in [0.2, 0.25) is 0 Å². The van der Waals surface area contributed by atoms with Gasteiger partial charge in [-0.05, 0) is 18.2 Å². The SMILES string of the molecule is CNc1nc(Nc2cccc(C(F)(F)F)c2)c(F)cc1F. The van der Waals surface area contributed by atoms with Crippen molar-refractivity contribution < 1.29 is 22.0 Å². The number of rotatable bonds is 3. The van der Waals surface area contributed by atoms with Crippen LogP contribution in [0.25, 0.3) is 0 Å². The second-order valence-electron chi connectivity index (χ2n) is 4.10. The summed E-state index contributed by atoms with van der Waals surface area (Å²) in [5, 5.41) is 4.81. The molecule has 0 saturated carbocycles.